The van der Waals surface area contributed by atoms with E-state index in [-0.39, 0.29) is 5.69 Å². The molecule has 124 valence electrons. The van der Waals surface area contributed by atoms with Crippen LogP contribution in [0.4, 0.5) is 5.69 Å². The van der Waals surface area contributed by atoms with Gasteiger partial charge in [0.25, 0.3) is 5.69 Å². The fraction of sp³-hybridized carbons (Fsp3) is 0.150. The molecule has 1 unspecified atom stereocenters. The van der Waals surface area contributed by atoms with Crippen LogP contribution in [0.1, 0.15) is 16.0 Å². The SMILES string of the molecule is N#CC(Cc1ccccc1)(Cc1cccs1)c1ccc([N+](=O)[O-])cc1. The van der Waals surface area contributed by atoms with Crippen molar-refractivity contribution in [1.29, 1.82) is 5.26 Å². The van der Waals surface area contributed by atoms with Gasteiger partial charge in [0.15, 0.2) is 0 Å². The van der Waals surface area contributed by atoms with Gasteiger partial charge in [0.1, 0.15) is 0 Å². The first-order valence-corrected chi connectivity index (χ1v) is 8.73. The Morgan fingerprint density at radius 3 is 2.28 bits per heavy atom. The van der Waals surface area contributed by atoms with Gasteiger partial charge in [-0.05, 0) is 29.0 Å². The molecule has 1 atom stereocenters. The van der Waals surface area contributed by atoms with Gasteiger partial charge in [0, 0.05) is 23.4 Å². The Morgan fingerprint density at radius 1 is 1.00 bits per heavy atom. The molecule has 0 radical (unpaired) electrons. The van der Waals surface area contributed by atoms with Crippen molar-refractivity contribution in [2.45, 2.75) is 18.3 Å². The average molecular weight is 348 g/mol. The number of rotatable bonds is 6. The predicted octanol–water partition coefficient (Wildman–Crippen LogP) is 4.90. The Balaban J connectivity index is 2.03. The second-order valence-corrected chi connectivity index (χ2v) is 6.95. The summed E-state index contributed by atoms with van der Waals surface area (Å²) >= 11 is 1.62. The van der Waals surface area contributed by atoms with Crippen LogP contribution in [-0.2, 0) is 18.3 Å². The minimum atomic E-state index is -0.763. The number of nitrogens with zero attached hydrogens (tertiary/aromatic N) is 2. The van der Waals surface area contributed by atoms with E-state index in [0.717, 1.165) is 16.0 Å². The van der Waals surface area contributed by atoms with Crippen LogP contribution in [0.3, 0.4) is 0 Å². The summed E-state index contributed by atoms with van der Waals surface area (Å²) in [5.74, 6) is 0. The van der Waals surface area contributed by atoms with Crippen molar-refractivity contribution in [2.75, 3.05) is 0 Å². The van der Waals surface area contributed by atoms with Crippen LogP contribution in [-0.4, -0.2) is 4.92 Å². The van der Waals surface area contributed by atoms with Gasteiger partial charge in [-0.25, -0.2) is 0 Å². The number of hydrogen-bond donors (Lipinski definition) is 0. The summed E-state index contributed by atoms with van der Waals surface area (Å²) in [6.07, 6.45) is 1.13. The molecule has 2 aromatic carbocycles. The first-order chi connectivity index (χ1) is 12.1. The van der Waals surface area contributed by atoms with Gasteiger partial charge in [-0.1, -0.05) is 48.5 Å². The summed E-state index contributed by atoms with van der Waals surface area (Å²) in [6, 6.07) is 22.7. The van der Waals surface area contributed by atoms with Crippen LogP contribution >= 0.6 is 11.3 Å². The summed E-state index contributed by atoms with van der Waals surface area (Å²) in [5.41, 5.74) is 1.14. The van der Waals surface area contributed by atoms with Gasteiger partial charge in [0.05, 0.1) is 16.4 Å². The molecule has 25 heavy (non-hydrogen) atoms. The predicted molar refractivity (Wildman–Crippen MR) is 98.6 cm³/mol. The van der Waals surface area contributed by atoms with Gasteiger partial charge < -0.3 is 0 Å². The summed E-state index contributed by atoms with van der Waals surface area (Å²) < 4.78 is 0. The Bertz CT molecular complexity index is 884. The first kappa shape index (κ1) is 16.9. The number of nitro benzene ring substituents is 1. The van der Waals surface area contributed by atoms with E-state index in [1.54, 1.807) is 23.5 Å². The molecule has 0 bridgehead atoms. The molecule has 0 aliphatic rings. The topological polar surface area (TPSA) is 66.9 Å². The third kappa shape index (κ3) is 3.76. The van der Waals surface area contributed by atoms with Crippen molar-refractivity contribution in [3.8, 4) is 6.07 Å². The lowest BCUT2D eigenvalue weighted by Gasteiger charge is -2.27. The summed E-state index contributed by atoms with van der Waals surface area (Å²) in [4.78, 5) is 11.6. The van der Waals surface area contributed by atoms with E-state index in [0.29, 0.717) is 12.8 Å². The van der Waals surface area contributed by atoms with Crippen molar-refractivity contribution < 1.29 is 4.92 Å². The van der Waals surface area contributed by atoms with Crippen LogP contribution in [0.15, 0.2) is 72.1 Å². The molecular weight excluding hydrogens is 332 g/mol. The number of benzene rings is 2. The van der Waals surface area contributed by atoms with E-state index in [4.69, 9.17) is 0 Å². The fourth-order valence-electron chi connectivity index (χ4n) is 2.97. The Hall–Kier alpha value is -2.97. The largest absolute Gasteiger partial charge is 0.269 e. The smallest absolute Gasteiger partial charge is 0.258 e. The zero-order valence-electron chi connectivity index (χ0n) is 13.5. The monoisotopic (exact) mass is 348 g/mol. The Labute approximate surface area is 150 Å². The molecule has 1 aromatic heterocycles. The second kappa shape index (κ2) is 7.29. The number of thiophene rings is 1. The van der Waals surface area contributed by atoms with Crippen molar-refractivity contribution in [1.82, 2.24) is 0 Å². The molecule has 0 amide bonds. The van der Waals surface area contributed by atoms with E-state index in [9.17, 15) is 15.4 Å². The average Bonchev–Trinajstić information content (AvgIpc) is 3.15. The Morgan fingerprint density at radius 2 is 1.72 bits per heavy atom. The normalized spacial score (nSPS) is 12.9. The maximum Gasteiger partial charge on any atom is 0.269 e. The highest BCUT2D eigenvalue weighted by atomic mass is 32.1. The van der Waals surface area contributed by atoms with E-state index >= 15 is 0 Å². The lowest BCUT2D eigenvalue weighted by molar-refractivity contribution is -0.384. The van der Waals surface area contributed by atoms with Crippen molar-refractivity contribution in [3.05, 3.63) is 98.2 Å². The molecule has 0 aliphatic heterocycles. The Kier molecular flexibility index (Phi) is 4.92. The number of nitro groups is 1. The van der Waals surface area contributed by atoms with Gasteiger partial charge in [0.2, 0.25) is 0 Å². The number of non-ortho nitro benzene ring substituents is 1. The highest BCUT2D eigenvalue weighted by molar-refractivity contribution is 7.09. The second-order valence-electron chi connectivity index (χ2n) is 5.92. The maximum atomic E-state index is 10.9. The van der Waals surface area contributed by atoms with Crippen molar-refractivity contribution in [3.63, 3.8) is 0 Å². The molecule has 0 spiro atoms. The minimum Gasteiger partial charge on any atom is -0.258 e. The zero-order valence-corrected chi connectivity index (χ0v) is 14.3. The molecule has 4 nitrogen and oxygen atoms in total. The van der Waals surface area contributed by atoms with Crippen LogP contribution in [0.25, 0.3) is 0 Å². The first-order valence-electron chi connectivity index (χ1n) is 7.85. The van der Waals surface area contributed by atoms with Crippen LogP contribution in [0, 0.1) is 21.4 Å². The lowest BCUT2D eigenvalue weighted by Crippen LogP contribution is -2.29. The molecule has 0 fully saturated rings. The van der Waals surface area contributed by atoms with Crippen LogP contribution < -0.4 is 0 Å². The van der Waals surface area contributed by atoms with Gasteiger partial charge in [-0.3, -0.25) is 10.1 Å². The van der Waals surface area contributed by atoms with Crippen molar-refractivity contribution in [2.24, 2.45) is 0 Å². The van der Waals surface area contributed by atoms with Gasteiger partial charge in [-0.2, -0.15) is 5.26 Å². The molecule has 0 saturated heterocycles. The van der Waals surface area contributed by atoms with E-state index in [2.05, 4.69) is 6.07 Å². The highest BCUT2D eigenvalue weighted by Gasteiger charge is 2.34. The molecule has 0 aliphatic carbocycles. The van der Waals surface area contributed by atoms with Crippen LogP contribution in [0.5, 0.6) is 0 Å². The lowest BCUT2D eigenvalue weighted by atomic mass is 9.74. The van der Waals surface area contributed by atoms with Gasteiger partial charge in [-0.15, -0.1) is 11.3 Å². The molecule has 3 rings (SSSR count). The van der Waals surface area contributed by atoms with Crippen LogP contribution in [0.2, 0.25) is 0 Å². The quantitative estimate of drug-likeness (QED) is 0.470. The van der Waals surface area contributed by atoms with E-state index in [1.165, 1.54) is 12.1 Å². The zero-order chi connectivity index (χ0) is 17.7. The molecule has 1 heterocycles. The molecule has 0 N–H and O–H groups in total. The number of hydrogen-bond acceptors (Lipinski definition) is 4. The standard InChI is InChI=1S/C20H16N2O2S/c21-15-20(14-19-7-4-12-25-19,13-16-5-2-1-3-6-16)17-8-10-18(11-9-17)22(23)24/h1-12H,13-14H2. The summed E-state index contributed by atoms with van der Waals surface area (Å²) in [6.45, 7) is 0. The third-order valence-corrected chi connectivity index (χ3v) is 5.13. The number of nitriles is 1. The maximum absolute atomic E-state index is 10.9. The molecule has 3 aromatic rings. The fourth-order valence-corrected chi connectivity index (χ4v) is 3.79. The van der Waals surface area contributed by atoms with E-state index in [1.807, 2.05) is 47.8 Å². The van der Waals surface area contributed by atoms with Crippen molar-refractivity contribution >= 4 is 17.0 Å². The molecule has 5 heteroatoms. The molecular formula is C20H16N2O2S. The third-order valence-electron chi connectivity index (χ3n) is 4.25. The summed E-state index contributed by atoms with van der Waals surface area (Å²) in [5, 5.41) is 23.0. The minimum absolute atomic E-state index is 0.0337. The van der Waals surface area contributed by atoms with E-state index < -0.39 is 10.3 Å². The molecule has 0 saturated carbocycles. The highest BCUT2D eigenvalue weighted by Crippen LogP contribution is 2.34. The summed E-state index contributed by atoms with van der Waals surface area (Å²) in [7, 11) is 0. The van der Waals surface area contributed by atoms with Gasteiger partial charge >= 0.3 is 0 Å².